The average molecular weight is 240 g/mol. The summed E-state index contributed by atoms with van der Waals surface area (Å²) in [6, 6.07) is 7.76. The summed E-state index contributed by atoms with van der Waals surface area (Å²) < 4.78 is 0.992. The first-order chi connectivity index (χ1) is 6.06. The zero-order chi connectivity index (χ0) is 9.90. The van der Waals surface area contributed by atoms with Gasteiger partial charge < -0.3 is 0 Å². The van der Waals surface area contributed by atoms with Crippen LogP contribution in [-0.2, 0) is 5.54 Å². The van der Waals surface area contributed by atoms with Crippen molar-refractivity contribution in [1.82, 2.24) is 0 Å². The first kappa shape index (κ1) is 10.1. The highest BCUT2D eigenvalue weighted by molar-refractivity contribution is 9.10. The van der Waals surface area contributed by atoms with Crippen molar-refractivity contribution in [3.63, 3.8) is 0 Å². The van der Waals surface area contributed by atoms with E-state index in [-0.39, 0.29) is 0 Å². The van der Waals surface area contributed by atoms with Crippen LogP contribution in [-0.4, -0.2) is 0 Å². The molecule has 0 aliphatic rings. The van der Waals surface area contributed by atoms with Crippen molar-refractivity contribution < 1.29 is 0 Å². The maximum absolute atomic E-state index is 8.38. The van der Waals surface area contributed by atoms with Crippen LogP contribution < -0.4 is 0 Å². The lowest BCUT2D eigenvalue weighted by Gasteiger charge is -2.18. The van der Waals surface area contributed by atoms with Crippen molar-refractivity contribution in [2.24, 2.45) is 5.11 Å². The molecule has 0 spiro atoms. The molecule has 1 rings (SSSR count). The maximum atomic E-state index is 8.38. The molecule has 0 heterocycles. The van der Waals surface area contributed by atoms with Gasteiger partial charge >= 0.3 is 0 Å². The second kappa shape index (κ2) is 3.81. The van der Waals surface area contributed by atoms with E-state index < -0.39 is 5.54 Å². The molecule has 68 valence electrons. The van der Waals surface area contributed by atoms with E-state index in [1.807, 2.05) is 38.1 Å². The zero-order valence-electron chi connectivity index (χ0n) is 7.53. The van der Waals surface area contributed by atoms with Crippen molar-refractivity contribution in [3.05, 3.63) is 44.7 Å². The number of nitrogens with zero attached hydrogens (tertiary/aromatic N) is 3. The van der Waals surface area contributed by atoms with Gasteiger partial charge in [-0.1, -0.05) is 47.0 Å². The molecule has 0 N–H and O–H groups in total. The van der Waals surface area contributed by atoms with E-state index in [0.29, 0.717) is 0 Å². The molecule has 0 radical (unpaired) electrons. The second-order valence-electron chi connectivity index (χ2n) is 3.26. The number of rotatable bonds is 2. The summed E-state index contributed by atoms with van der Waals surface area (Å²) in [4.78, 5) is 2.82. The fourth-order valence-corrected chi connectivity index (χ4v) is 1.44. The number of hydrogen-bond donors (Lipinski definition) is 0. The summed E-state index contributed by atoms with van der Waals surface area (Å²) >= 11 is 3.37. The Morgan fingerprint density at radius 1 is 1.46 bits per heavy atom. The fourth-order valence-electron chi connectivity index (χ4n) is 1.04. The summed E-state index contributed by atoms with van der Waals surface area (Å²) in [5.74, 6) is 0. The molecule has 4 heteroatoms. The normalized spacial score (nSPS) is 10.7. The predicted molar refractivity (Wildman–Crippen MR) is 56.3 cm³/mol. The van der Waals surface area contributed by atoms with Gasteiger partial charge in [0.05, 0.1) is 5.54 Å². The Labute approximate surface area is 85.5 Å². The smallest absolute Gasteiger partial charge is 0.0682 e. The highest BCUT2D eigenvalue weighted by atomic mass is 79.9. The summed E-state index contributed by atoms with van der Waals surface area (Å²) in [5, 5.41) is 3.73. The van der Waals surface area contributed by atoms with E-state index in [1.165, 1.54) is 0 Å². The van der Waals surface area contributed by atoms with E-state index >= 15 is 0 Å². The van der Waals surface area contributed by atoms with E-state index in [1.54, 1.807) is 0 Å². The van der Waals surface area contributed by atoms with Crippen LogP contribution >= 0.6 is 15.9 Å². The minimum Gasteiger partial charge on any atom is -0.0831 e. The quantitative estimate of drug-likeness (QED) is 0.426. The first-order valence-corrected chi connectivity index (χ1v) is 4.68. The summed E-state index contributed by atoms with van der Waals surface area (Å²) in [6.07, 6.45) is 0. The van der Waals surface area contributed by atoms with Gasteiger partial charge in [0.15, 0.2) is 0 Å². The number of azide groups is 1. The van der Waals surface area contributed by atoms with Crippen LogP contribution in [0.25, 0.3) is 10.4 Å². The molecular formula is C9H10BrN3. The minimum absolute atomic E-state index is 0.488. The standard InChI is InChI=1S/C9H10BrN3/c1-9(2,12-13-11)7-4-3-5-8(10)6-7/h3-6H,1-2H3. The molecule has 0 aliphatic heterocycles. The van der Waals surface area contributed by atoms with Gasteiger partial charge in [-0.2, -0.15) is 0 Å². The predicted octanol–water partition coefficient (Wildman–Crippen LogP) is 3.99. The summed E-state index contributed by atoms with van der Waals surface area (Å²) in [5.41, 5.74) is 8.89. The third-order valence-electron chi connectivity index (χ3n) is 1.83. The molecule has 0 atom stereocenters. The van der Waals surface area contributed by atoms with E-state index in [0.717, 1.165) is 10.0 Å². The molecule has 1 aromatic rings. The van der Waals surface area contributed by atoms with Gasteiger partial charge in [0.2, 0.25) is 0 Å². The monoisotopic (exact) mass is 239 g/mol. The lowest BCUT2D eigenvalue weighted by Crippen LogP contribution is -2.12. The van der Waals surface area contributed by atoms with Gasteiger partial charge in [-0.3, -0.25) is 0 Å². The summed E-state index contributed by atoms with van der Waals surface area (Å²) in [6.45, 7) is 3.77. The van der Waals surface area contributed by atoms with Crippen LogP contribution in [0.5, 0.6) is 0 Å². The van der Waals surface area contributed by atoms with Gasteiger partial charge in [0.25, 0.3) is 0 Å². The van der Waals surface area contributed by atoms with Crippen molar-refractivity contribution >= 4 is 15.9 Å². The highest BCUT2D eigenvalue weighted by Crippen LogP contribution is 2.26. The Hall–Kier alpha value is -0.990. The van der Waals surface area contributed by atoms with Crippen molar-refractivity contribution in [2.45, 2.75) is 19.4 Å². The third kappa shape index (κ3) is 2.47. The topological polar surface area (TPSA) is 48.8 Å². The molecule has 1 aromatic carbocycles. The molecule has 0 bridgehead atoms. The number of hydrogen-bond acceptors (Lipinski definition) is 1. The van der Waals surface area contributed by atoms with E-state index in [2.05, 4.69) is 26.0 Å². The lowest BCUT2D eigenvalue weighted by atomic mass is 9.96. The van der Waals surface area contributed by atoms with Crippen LogP contribution in [0.1, 0.15) is 19.4 Å². The molecular weight excluding hydrogens is 230 g/mol. The summed E-state index contributed by atoms with van der Waals surface area (Å²) in [7, 11) is 0. The molecule has 0 fully saturated rings. The van der Waals surface area contributed by atoms with Crippen LogP contribution in [0.3, 0.4) is 0 Å². The molecule has 0 aromatic heterocycles. The molecule has 13 heavy (non-hydrogen) atoms. The minimum atomic E-state index is -0.488. The van der Waals surface area contributed by atoms with Crippen molar-refractivity contribution in [3.8, 4) is 0 Å². The largest absolute Gasteiger partial charge is 0.0831 e. The molecule has 0 unspecified atom stereocenters. The third-order valence-corrected chi connectivity index (χ3v) is 2.32. The van der Waals surface area contributed by atoms with E-state index in [4.69, 9.17) is 5.53 Å². The Bertz CT molecular complexity index is 354. The molecule has 0 amide bonds. The van der Waals surface area contributed by atoms with Gasteiger partial charge in [-0.05, 0) is 23.2 Å². The van der Waals surface area contributed by atoms with Crippen molar-refractivity contribution in [1.29, 1.82) is 0 Å². The van der Waals surface area contributed by atoms with Crippen LogP contribution in [0.15, 0.2) is 33.9 Å². The van der Waals surface area contributed by atoms with Crippen LogP contribution in [0.4, 0.5) is 0 Å². The van der Waals surface area contributed by atoms with Gasteiger partial charge in [-0.15, -0.1) is 0 Å². The first-order valence-electron chi connectivity index (χ1n) is 3.88. The SMILES string of the molecule is CC(C)(N=[N+]=[N-])c1cccc(Br)c1. The molecule has 0 saturated carbocycles. The van der Waals surface area contributed by atoms with Crippen LogP contribution in [0.2, 0.25) is 0 Å². The molecule has 0 aliphatic carbocycles. The van der Waals surface area contributed by atoms with Gasteiger partial charge in [-0.25, -0.2) is 0 Å². The maximum Gasteiger partial charge on any atom is 0.0682 e. The van der Waals surface area contributed by atoms with E-state index in [9.17, 15) is 0 Å². The Morgan fingerprint density at radius 3 is 2.69 bits per heavy atom. The zero-order valence-corrected chi connectivity index (χ0v) is 9.12. The van der Waals surface area contributed by atoms with Gasteiger partial charge in [0.1, 0.15) is 0 Å². The Morgan fingerprint density at radius 2 is 2.15 bits per heavy atom. The lowest BCUT2D eigenvalue weighted by molar-refractivity contribution is 0.550. The average Bonchev–Trinajstić information content (AvgIpc) is 2.04. The number of halogens is 1. The molecule has 3 nitrogen and oxygen atoms in total. The van der Waals surface area contributed by atoms with Crippen LogP contribution in [0, 0.1) is 0 Å². The van der Waals surface area contributed by atoms with Gasteiger partial charge in [0, 0.05) is 9.38 Å². The second-order valence-corrected chi connectivity index (χ2v) is 4.17. The fraction of sp³-hybridized carbons (Fsp3) is 0.333. The molecule has 0 saturated heterocycles. The number of benzene rings is 1. The highest BCUT2D eigenvalue weighted by Gasteiger charge is 2.18. The Kier molecular flexibility index (Phi) is 2.96. The van der Waals surface area contributed by atoms with Crippen molar-refractivity contribution in [2.75, 3.05) is 0 Å². The Balaban J connectivity index is 3.13.